The molecule has 0 radical (unpaired) electrons. The van der Waals surface area contributed by atoms with Gasteiger partial charge in [-0.15, -0.1) is 0 Å². The lowest BCUT2D eigenvalue weighted by atomic mass is 9.96. The minimum Gasteiger partial charge on any atom is -0.378 e. The quantitative estimate of drug-likeness (QED) is 0.360. The lowest BCUT2D eigenvalue weighted by Gasteiger charge is -2.31. The van der Waals surface area contributed by atoms with E-state index in [1.165, 1.54) is 16.8 Å². The number of hydrogen-bond donors (Lipinski definition) is 1. The summed E-state index contributed by atoms with van der Waals surface area (Å²) in [5.41, 5.74) is 7.89. The Labute approximate surface area is 229 Å². The smallest absolute Gasteiger partial charge is 0.174 e. The number of thiocarbonyl (C=S) groups is 1. The number of aryl methyl sites for hydroxylation is 2. The van der Waals surface area contributed by atoms with E-state index in [-0.39, 0.29) is 12.1 Å². The molecule has 194 valence electrons. The predicted octanol–water partition coefficient (Wildman–Crippen LogP) is 5.21. The maximum Gasteiger partial charge on any atom is 0.174 e. The number of nitrogens with one attached hydrogen (secondary N) is 1. The second-order valence-corrected chi connectivity index (χ2v) is 10.4. The largest absolute Gasteiger partial charge is 0.378 e. The molecule has 0 amide bonds. The second kappa shape index (κ2) is 10.2. The number of anilines is 2. The van der Waals surface area contributed by atoms with E-state index < -0.39 is 0 Å². The van der Waals surface area contributed by atoms with E-state index in [0.717, 1.165) is 54.9 Å². The summed E-state index contributed by atoms with van der Waals surface area (Å²) in [5.74, 6) is 0.926. The lowest BCUT2D eigenvalue weighted by Crippen LogP contribution is -2.36. The Morgan fingerprint density at radius 1 is 0.895 bits per heavy atom. The van der Waals surface area contributed by atoms with E-state index in [2.05, 4.69) is 87.9 Å². The van der Waals surface area contributed by atoms with Gasteiger partial charge >= 0.3 is 0 Å². The topological polar surface area (TPSA) is 58.5 Å². The number of rotatable bonds is 5. The average molecular weight is 525 g/mol. The van der Waals surface area contributed by atoms with Gasteiger partial charge in [0.25, 0.3) is 0 Å². The Kier molecular flexibility index (Phi) is 6.59. The van der Waals surface area contributed by atoms with Gasteiger partial charge in [0.2, 0.25) is 0 Å². The number of aromatic nitrogens is 3. The summed E-state index contributed by atoms with van der Waals surface area (Å²) in [6.07, 6.45) is 3.71. The van der Waals surface area contributed by atoms with Gasteiger partial charge in [-0.2, -0.15) is 0 Å². The molecule has 0 bridgehead atoms. The molecule has 7 nitrogen and oxygen atoms in total. The molecule has 3 aromatic heterocycles. The van der Waals surface area contributed by atoms with Crippen LogP contribution in [0.4, 0.5) is 11.4 Å². The van der Waals surface area contributed by atoms with Crippen LogP contribution in [0.25, 0.3) is 5.82 Å². The molecule has 6 rings (SSSR count). The van der Waals surface area contributed by atoms with Gasteiger partial charge < -0.3 is 24.4 Å². The van der Waals surface area contributed by atoms with Crippen LogP contribution in [0.15, 0.2) is 73.1 Å². The maximum atomic E-state index is 5.97. The first-order chi connectivity index (χ1) is 18.5. The first-order valence-corrected chi connectivity index (χ1v) is 13.5. The minimum atomic E-state index is -0.0953. The molecular weight excluding hydrogens is 492 g/mol. The number of morpholine rings is 1. The fourth-order valence-electron chi connectivity index (χ4n) is 5.68. The molecule has 0 unspecified atom stereocenters. The summed E-state index contributed by atoms with van der Waals surface area (Å²) in [6, 6.07) is 21.0. The lowest BCUT2D eigenvalue weighted by molar-refractivity contribution is 0.122. The molecule has 4 aromatic rings. The summed E-state index contributed by atoms with van der Waals surface area (Å²) < 4.78 is 7.77. The summed E-state index contributed by atoms with van der Waals surface area (Å²) in [5, 5.41) is 4.29. The zero-order valence-corrected chi connectivity index (χ0v) is 22.8. The molecule has 0 aliphatic carbocycles. The fourth-order valence-corrected chi connectivity index (χ4v) is 6.02. The van der Waals surface area contributed by atoms with Crippen molar-refractivity contribution in [3.05, 3.63) is 101 Å². The first-order valence-electron chi connectivity index (χ1n) is 13.1. The highest BCUT2D eigenvalue weighted by Gasteiger charge is 2.42. The third-order valence-electron chi connectivity index (χ3n) is 7.52. The van der Waals surface area contributed by atoms with Gasteiger partial charge in [-0.25, -0.2) is 4.98 Å². The van der Waals surface area contributed by atoms with Crippen LogP contribution in [0.3, 0.4) is 0 Å². The molecule has 2 atom stereocenters. The van der Waals surface area contributed by atoms with Gasteiger partial charge in [0.1, 0.15) is 5.82 Å². The van der Waals surface area contributed by atoms with Crippen LogP contribution in [-0.4, -0.2) is 46.0 Å². The summed E-state index contributed by atoms with van der Waals surface area (Å²) in [6.45, 7) is 9.75. The summed E-state index contributed by atoms with van der Waals surface area (Å²) >= 11 is 5.97. The van der Waals surface area contributed by atoms with E-state index in [1.54, 1.807) is 0 Å². The number of ether oxygens (including phenoxy) is 1. The molecule has 2 aliphatic heterocycles. The van der Waals surface area contributed by atoms with Crippen LogP contribution < -0.4 is 15.1 Å². The highest BCUT2D eigenvalue weighted by Crippen LogP contribution is 2.44. The van der Waals surface area contributed by atoms with Gasteiger partial charge in [-0.1, -0.05) is 6.07 Å². The Hall–Kier alpha value is -3.75. The molecule has 0 spiro atoms. The number of nitrogens with zero attached hydrogens (tertiary/aromatic N) is 5. The standard InChI is InChI=1S/C30H32N6OS/c1-20-11-13-32-27(18-20)35-21(2)19-25(22(35)3)29-28(26-6-4-5-12-31-26)33-30(38)36(29)24-9-7-23(8-10-24)34-14-16-37-17-15-34/h4-13,18-19,28-29H,14-17H2,1-3H3,(H,33,38)/t28-,29+/m1/s1. The highest BCUT2D eigenvalue weighted by molar-refractivity contribution is 7.80. The third-order valence-corrected chi connectivity index (χ3v) is 7.84. The van der Waals surface area contributed by atoms with E-state index in [0.29, 0.717) is 5.11 Å². The van der Waals surface area contributed by atoms with E-state index >= 15 is 0 Å². The molecular formula is C30H32N6OS. The SMILES string of the molecule is Cc1ccnc(-n2c(C)cc([C@H]3[C@@H](c4ccccn4)NC(=S)N3c3ccc(N4CCOCC4)cc3)c2C)c1. The maximum absolute atomic E-state index is 5.97. The van der Waals surface area contributed by atoms with Crippen LogP contribution in [0, 0.1) is 20.8 Å². The van der Waals surface area contributed by atoms with Crippen LogP contribution in [0.2, 0.25) is 0 Å². The van der Waals surface area contributed by atoms with Crippen LogP contribution in [0.5, 0.6) is 0 Å². The fraction of sp³-hybridized carbons (Fsp3) is 0.300. The van der Waals surface area contributed by atoms with Crippen molar-refractivity contribution >= 4 is 28.7 Å². The van der Waals surface area contributed by atoms with Crippen LogP contribution in [-0.2, 0) is 4.74 Å². The Morgan fingerprint density at radius 3 is 2.37 bits per heavy atom. The average Bonchev–Trinajstić information content (AvgIpc) is 3.44. The zero-order valence-electron chi connectivity index (χ0n) is 22.0. The summed E-state index contributed by atoms with van der Waals surface area (Å²) in [4.78, 5) is 14.0. The predicted molar refractivity (Wildman–Crippen MR) is 155 cm³/mol. The summed E-state index contributed by atoms with van der Waals surface area (Å²) in [7, 11) is 0. The van der Waals surface area contributed by atoms with Crippen molar-refractivity contribution in [2.75, 3.05) is 36.1 Å². The molecule has 1 N–H and O–H groups in total. The third kappa shape index (κ3) is 4.44. The molecule has 8 heteroatoms. The van der Waals surface area contributed by atoms with Gasteiger partial charge in [0, 0.05) is 48.2 Å². The zero-order chi connectivity index (χ0) is 26.2. The second-order valence-electron chi connectivity index (χ2n) is 9.97. The van der Waals surface area contributed by atoms with Crippen molar-refractivity contribution in [1.82, 2.24) is 19.9 Å². The number of benzene rings is 1. The van der Waals surface area contributed by atoms with Crippen LogP contribution in [0.1, 0.15) is 40.3 Å². The normalized spacial score (nSPS) is 19.6. The monoisotopic (exact) mass is 524 g/mol. The van der Waals surface area contributed by atoms with Crippen molar-refractivity contribution in [2.45, 2.75) is 32.9 Å². The Bertz CT molecular complexity index is 1450. The minimum absolute atomic E-state index is 0.0728. The van der Waals surface area contributed by atoms with E-state index in [4.69, 9.17) is 21.9 Å². The molecule has 5 heterocycles. The Balaban J connectivity index is 1.43. The highest BCUT2D eigenvalue weighted by atomic mass is 32.1. The van der Waals surface area contributed by atoms with E-state index in [1.807, 2.05) is 30.6 Å². The van der Waals surface area contributed by atoms with Gasteiger partial charge in [0.05, 0.1) is 31.0 Å². The molecule has 2 saturated heterocycles. The molecule has 38 heavy (non-hydrogen) atoms. The van der Waals surface area contributed by atoms with Crippen molar-refractivity contribution in [2.24, 2.45) is 0 Å². The van der Waals surface area contributed by atoms with Gasteiger partial charge in [0.15, 0.2) is 5.11 Å². The van der Waals surface area contributed by atoms with Crippen molar-refractivity contribution in [1.29, 1.82) is 0 Å². The first kappa shape index (κ1) is 24.6. The number of pyridine rings is 2. The van der Waals surface area contributed by atoms with Gasteiger partial charge in [-0.3, -0.25) is 4.98 Å². The Morgan fingerprint density at radius 2 is 1.66 bits per heavy atom. The van der Waals surface area contributed by atoms with Crippen molar-refractivity contribution in [3.8, 4) is 5.82 Å². The number of hydrogen-bond acceptors (Lipinski definition) is 5. The molecule has 0 saturated carbocycles. The van der Waals surface area contributed by atoms with Crippen LogP contribution >= 0.6 is 12.2 Å². The van der Waals surface area contributed by atoms with E-state index in [9.17, 15) is 0 Å². The van der Waals surface area contributed by atoms with Crippen molar-refractivity contribution < 1.29 is 4.74 Å². The molecule has 2 fully saturated rings. The molecule has 1 aromatic carbocycles. The molecule has 2 aliphatic rings. The van der Waals surface area contributed by atoms with Crippen molar-refractivity contribution in [3.63, 3.8) is 0 Å². The van der Waals surface area contributed by atoms with Gasteiger partial charge in [-0.05, 0) is 98.7 Å².